The number of benzene rings is 10. The fraction of sp³-hybridized carbons (Fsp3) is 0.0545. The second-order valence-corrected chi connectivity index (χ2v) is 16.0. The van der Waals surface area contributed by atoms with E-state index in [0.29, 0.717) is 0 Å². The number of furan rings is 1. The zero-order valence-electron chi connectivity index (χ0n) is 31.2. The molecule has 0 saturated heterocycles. The van der Waals surface area contributed by atoms with Gasteiger partial charge >= 0.3 is 0 Å². The zero-order valence-corrected chi connectivity index (χ0v) is 31.2. The predicted molar refractivity (Wildman–Crippen MR) is 238 cm³/mol. The monoisotopic (exact) mass is 712 g/mol. The third-order valence-corrected chi connectivity index (χ3v) is 12.6. The van der Waals surface area contributed by atoms with Gasteiger partial charge in [-0.2, -0.15) is 0 Å². The summed E-state index contributed by atoms with van der Waals surface area (Å²) in [6.45, 7) is 4.74. The van der Waals surface area contributed by atoms with Crippen LogP contribution in [0, 0.1) is 0 Å². The standard InChI is InChI=1S/C55H36O/c1-55(2)47-28-25-34-13-5-6-17-40(34)52(47)46-27-29-48-53(54(46)55)45-26-24-39(32-49(45)56-48)51-43-20-9-7-18-41(43)50(42-19-8-10-21-44(42)51)38-16-11-15-36(31-38)37-23-22-33-12-3-4-14-35(33)30-37/h3-32H,1-2H3. The Kier molecular flexibility index (Phi) is 6.46. The molecule has 0 aliphatic heterocycles. The first-order chi connectivity index (χ1) is 27.5. The van der Waals surface area contributed by atoms with Crippen LogP contribution in [-0.4, -0.2) is 0 Å². The van der Waals surface area contributed by atoms with Crippen LogP contribution in [0.1, 0.15) is 25.0 Å². The van der Waals surface area contributed by atoms with Crippen LogP contribution in [0.5, 0.6) is 0 Å². The molecule has 0 bridgehead atoms. The van der Waals surface area contributed by atoms with Gasteiger partial charge in [0.2, 0.25) is 0 Å². The highest BCUT2D eigenvalue weighted by Gasteiger charge is 2.39. The molecule has 1 aliphatic carbocycles. The van der Waals surface area contributed by atoms with Crippen molar-refractivity contribution in [1.82, 2.24) is 0 Å². The lowest BCUT2D eigenvalue weighted by Gasteiger charge is -2.22. The summed E-state index contributed by atoms with van der Waals surface area (Å²) in [5.41, 5.74) is 14.4. The molecule has 0 fully saturated rings. The average Bonchev–Trinajstić information content (AvgIpc) is 3.73. The molecule has 0 N–H and O–H groups in total. The van der Waals surface area contributed by atoms with Crippen LogP contribution in [-0.2, 0) is 5.41 Å². The van der Waals surface area contributed by atoms with E-state index in [1.807, 2.05) is 0 Å². The molecule has 10 aromatic carbocycles. The minimum Gasteiger partial charge on any atom is -0.456 e. The molecule has 11 aromatic rings. The van der Waals surface area contributed by atoms with E-state index in [0.717, 1.165) is 16.7 Å². The Hall–Kier alpha value is -6.96. The maximum absolute atomic E-state index is 6.82. The van der Waals surface area contributed by atoms with Crippen LogP contribution in [0.25, 0.3) is 110 Å². The summed E-state index contributed by atoms with van der Waals surface area (Å²) in [5.74, 6) is 0. The van der Waals surface area contributed by atoms with Crippen LogP contribution in [0.4, 0.5) is 0 Å². The summed E-state index contributed by atoms with van der Waals surface area (Å²) in [6.07, 6.45) is 0. The Morgan fingerprint density at radius 3 is 1.66 bits per heavy atom. The fourth-order valence-electron chi connectivity index (χ4n) is 10.1. The van der Waals surface area contributed by atoms with Crippen molar-refractivity contribution in [1.29, 1.82) is 0 Å². The van der Waals surface area contributed by atoms with E-state index in [4.69, 9.17) is 4.42 Å². The van der Waals surface area contributed by atoms with Crippen molar-refractivity contribution >= 4 is 65.0 Å². The maximum Gasteiger partial charge on any atom is 0.136 e. The molecule has 0 radical (unpaired) electrons. The largest absolute Gasteiger partial charge is 0.456 e. The SMILES string of the molecule is CC1(C)c2ccc3ccccc3c2-c2ccc3oc4cc(-c5c6ccccc6c(-c6cccc(-c7ccc8ccccc8c7)c6)c6ccccc56)ccc4c3c21. The van der Waals surface area contributed by atoms with Gasteiger partial charge in [-0.3, -0.25) is 0 Å². The maximum atomic E-state index is 6.82. The van der Waals surface area contributed by atoms with E-state index in [2.05, 4.69) is 196 Å². The van der Waals surface area contributed by atoms with Crippen molar-refractivity contribution in [3.8, 4) is 44.5 Å². The Morgan fingerprint density at radius 2 is 0.929 bits per heavy atom. The average molecular weight is 713 g/mol. The highest BCUT2D eigenvalue weighted by Crippen LogP contribution is 2.55. The Bertz CT molecular complexity index is 3390. The van der Waals surface area contributed by atoms with Crippen LogP contribution in [0.15, 0.2) is 186 Å². The lowest BCUT2D eigenvalue weighted by atomic mass is 9.80. The van der Waals surface area contributed by atoms with E-state index >= 15 is 0 Å². The number of hydrogen-bond acceptors (Lipinski definition) is 1. The van der Waals surface area contributed by atoms with Crippen LogP contribution < -0.4 is 0 Å². The quantitative estimate of drug-likeness (QED) is 0.166. The highest BCUT2D eigenvalue weighted by atomic mass is 16.3. The minimum atomic E-state index is -0.169. The highest BCUT2D eigenvalue weighted by molar-refractivity contribution is 6.22. The summed E-state index contributed by atoms with van der Waals surface area (Å²) in [5, 5.41) is 12.4. The van der Waals surface area contributed by atoms with Crippen LogP contribution in [0.2, 0.25) is 0 Å². The van der Waals surface area contributed by atoms with Crippen molar-refractivity contribution in [2.45, 2.75) is 19.3 Å². The smallest absolute Gasteiger partial charge is 0.136 e. The molecule has 0 saturated carbocycles. The van der Waals surface area contributed by atoms with Gasteiger partial charge in [0.15, 0.2) is 0 Å². The third kappa shape index (κ3) is 4.37. The molecular weight excluding hydrogens is 677 g/mol. The van der Waals surface area contributed by atoms with Crippen LogP contribution >= 0.6 is 0 Å². The molecule has 56 heavy (non-hydrogen) atoms. The second kappa shape index (κ2) is 11.5. The summed E-state index contributed by atoms with van der Waals surface area (Å²) in [4.78, 5) is 0. The summed E-state index contributed by atoms with van der Waals surface area (Å²) >= 11 is 0. The first-order valence-corrected chi connectivity index (χ1v) is 19.6. The van der Waals surface area contributed by atoms with Gasteiger partial charge in [0, 0.05) is 16.2 Å². The molecule has 1 heterocycles. The summed E-state index contributed by atoms with van der Waals surface area (Å²) in [6, 6.07) is 67.0. The fourth-order valence-corrected chi connectivity index (χ4v) is 10.1. The van der Waals surface area contributed by atoms with Gasteiger partial charge in [0.05, 0.1) is 0 Å². The van der Waals surface area contributed by atoms with E-state index in [-0.39, 0.29) is 5.41 Å². The van der Waals surface area contributed by atoms with E-state index in [9.17, 15) is 0 Å². The lowest BCUT2D eigenvalue weighted by molar-refractivity contribution is 0.657. The van der Waals surface area contributed by atoms with E-state index in [1.54, 1.807) is 0 Å². The van der Waals surface area contributed by atoms with Gasteiger partial charge in [-0.25, -0.2) is 0 Å². The first kappa shape index (κ1) is 31.4. The van der Waals surface area contributed by atoms with Gasteiger partial charge in [0.25, 0.3) is 0 Å². The molecule has 1 aliphatic rings. The van der Waals surface area contributed by atoms with E-state index in [1.165, 1.54) is 104 Å². The Labute approximate surface area is 325 Å². The van der Waals surface area contributed by atoms with Crippen molar-refractivity contribution in [3.05, 3.63) is 193 Å². The van der Waals surface area contributed by atoms with Gasteiger partial charge in [-0.05, 0) is 129 Å². The number of rotatable bonds is 3. The lowest BCUT2D eigenvalue weighted by Crippen LogP contribution is -2.15. The number of fused-ring (bicyclic) bond motifs is 12. The molecule has 0 spiro atoms. The van der Waals surface area contributed by atoms with Crippen molar-refractivity contribution in [2.24, 2.45) is 0 Å². The Balaban J connectivity index is 1.06. The second-order valence-electron chi connectivity index (χ2n) is 16.0. The van der Waals surface area contributed by atoms with Crippen LogP contribution in [0.3, 0.4) is 0 Å². The van der Waals surface area contributed by atoms with Crippen molar-refractivity contribution < 1.29 is 4.42 Å². The Morgan fingerprint density at radius 1 is 0.357 bits per heavy atom. The van der Waals surface area contributed by atoms with E-state index < -0.39 is 0 Å². The summed E-state index contributed by atoms with van der Waals surface area (Å²) in [7, 11) is 0. The molecule has 0 atom stereocenters. The van der Waals surface area contributed by atoms with Gasteiger partial charge in [-0.15, -0.1) is 0 Å². The van der Waals surface area contributed by atoms with Gasteiger partial charge < -0.3 is 4.42 Å². The molecule has 0 unspecified atom stereocenters. The van der Waals surface area contributed by atoms with Gasteiger partial charge in [0.1, 0.15) is 11.2 Å². The topological polar surface area (TPSA) is 13.1 Å². The summed E-state index contributed by atoms with van der Waals surface area (Å²) < 4.78 is 6.82. The van der Waals surface area contributed by atoms with Crippen molar-refractivity contribution in [3.63, 3.8) is 0 Å². The predicted octanol–water partition coefficient (Wildman–Crippen LogP) is 15.5. The zero-order chi connectivity index (χ0) is 37.1. The molecular formula is C55H36O. The molecule has 1 heteroatoms. The molecule has 12 rings (SSSR count). The van der Waals surface area contributed by atoms with Crippen molar-refractivity contribution in [2.75, 3.05) is 0 Å². The van der Waals surface area contributed by atoms with Gasteiger partial charge in [-0.1, -0.05) is 166 Å². The molecule has 0 amide bonds. The molecule has 262 valence electrons. The normalized spacial score (nSPS) is 13.3. The first-order valence-electron chi connectivity index (χ1n) is 19.6. The molecule has 1 aromatic heterocycles. The minimum absolute atomic E-state index is 0.169. The molecule has 1 nitrogen and oxygen atoms in total. The third-order valence-electron chi connectivity index (χ3n) is 12.6. The number of hydrogen-bond donors (Lipinski definition) is 0.